The van der Waals surface area contributed by atoms with E-state index < -0.39 is 12.1 Å². The highest BCUT2D eigenvalue weighted by Crippen LogP contribution is 2.22. The molecule has 0 fully saturated rings. The van der Waals surface area contributed by atoms with Crippen molar-refractivity contribution in [3.8, 4) is 0 Å². The molecule has 0 unspecified atom stereocenters. The molecule has 1 aromatic heterocycles. The van der Waals surface area contributed by atoms with E-state index in [2.05, 4.69) is 11.6 Å². The van der Waals surface area contributed by atoms with Crippen LogP contribution >= 0.6 is 11.6 Å². The average molecular weight is 271 g/mol. The highest BCUT2D eigenvalue weighted by molar-refractivity contribution is 6.29. The zero-order chi connectivity index (χ0) is 13.7. The van der Waals surface area contributed by atoms with Gasteiger partial charge in [-0.15, -0.1) is 0 Å². The molecule has 7 heteroatoms. The summed E-state index contributed by atoms with van der Waals surface area (Å²) < 4.78 is 4.79. The van der Waals surface area contributed by atoms with Crippen molar-refractivity contribution >= 4 is 29.4 Å². The van der Waals surface area contributed by atoms with Crippen LogP contribution in [0.1, 0.15) is 10.4 Å². The molecule has 0 aliphatic rings. The predicted molar refractivity (Wildman–Crippen MR) is 66.2 cm³/mol. The third-order valence-electron chi connectivity index (χ3n) is 2.04. The summed E-state index contributed by atoms with van der Waals surface area (Å²) in [6, 6.07) is 1.16. The number of anilines is 1. The number of rotatable bonds is 4. The molecule has 18 heavy (non-hydrogen) atoms. The molecular weight excluding hydrogens is 260 g/mol. The Kier molecular flexibility index (Phi) is 4.67. The molecule has 0 aromatic carbocycles. The van der Waals surface area contributed by atoms with E-state index in [1.54, 1.807) is 0 Å². The number of aromatic nitrogens is 1. The summed E-state index contributed by atoms with van der Waals surface area (Å²) in [6.07, 6.45) is 1.90. The van der Waals surface area contributed by atoms with E-state index in [4.69, 9.17) is 21.4 Å². The molecule has 0 saturated heterocycles. The molecule has 0 saturated carbocycles. The summed E-state index contributed by atoms with van der Waals surface area (Å²) in [4.78, 5) is 27.4. The number of pyridine rings is 1. The number of carboxylic acid groups (broad SMARTS) is 1. The first-order valence-corrected chi connectivity index (χ1v) is 5.25. The smallest absolute Gasteiger partial charge is 0.414 e. The van der Waals surface area contributed by atoms with Crippen LogP contribution in [0.4, 0.5) is 10.5 Å². The van der Waals surface area contributed by atoms with Crippen LogP contribution in [0.3, 0.4) is 0 Å². The van der Waals surface area contributed by atoms with Gasteiger partial charge >= 0.3 is 12.1 Å². The summed E-state index contributed by atoms with van der Waals surface area (Å²) >= 11 is 5.61. The van der Waals surface area contributed by atoms with Gasteiger partial charge in [0, 0.05) is 7.05 Å². The van der Waals surface area contributed by atoms with Gasteiger partial charge in [0.15, 0.2) is 0 Å². The van der Waals surface area contributed by atoms with E-state index in [1.807, 2.05) is 0 Å². The number of hydrogen-bond acceptors (Lipinski definition) is 4. The standard InChI is InChI=1S/C11H11ClN2O4/c1-3-4-18-11(17)14(2)8-6-13-9(12)5-7(8)10(15)16/h3,5-6H,1,4H2,2H3,(H,15,16). The molecule has 1 rings (SSSR count). The molecule has 0 aliphatic heterocycles. The maximum absolute atomic E-state index is 11.6. The summed E-state index contributed by atoms with van der Waals surface area (Å²) in [5, 5.41) is 9.05. The van der Waals surface area contributed by atoms with Gasteiger partial charge < -0.3 is 9.84 Å². The second-order valence-corrected chi connectivity index (χ2v) is 3.64. The zero-order valence-electron chi connectivity index (χ0n) is 9.59. The number of carboxylic acids is 1. The van der Waals surface area contributed by atoms with Gasteiger partial charge in [0.05, 0.1) is 17.4 Å². The molecule has 96 valence electrons. The van der Waals surface area contributed by atoms with Gasteiger partial charge in [0.25, 0.3) is 0 Å². The molecule has 6 nitrogen and oxygen atoms in total. The second kappa shape index (κ2) is 6.02. The maximum atomic E-state index is 11.6. The van der Waals surface area contributed by atoms with Crippen molar-refractivity contribution < 1.29 is 19.4 Å². The fraction of sp³-hybridized carbons (Fsp3) is 0.182. The fourth-order valence-corrected chi connectivity index (χ4v) is 1.34. The van der Waals surface area contributed by atoms with Crippen molar-refractivity contribution in [3.63, 3.8) is 0 Å². The molecule has 0 aliphatic carbocycles. The molecule has 1 amide bonds. The van der Waals surface area contributed by atoms with Gasteiger partial charge in [-0.2, -0.15) is 0 Å². The number of aromatic carboxylic acids is 1. The first-order chi connectivity index (χ1) is 8.47. The first-order valence-electron chi connectivity index (χ1n) is 4.87. The van der Waals surface area contributed by atoms with Crippen molar-refractivity contribution in [2.45, 2.75) is 0 Å². The summed E-state index contributed by atoms with van der Waals surface area (Å²) in [5.74, 6) is -1.21. The molecule has 1 N–H and O–H groups in total. The quantitative estimate of drug-likeness (QED) is 0.670. The fourth-order valence-electron chi connectivity index (χ4n) is 1.19. The van der Waals surface area contributed by atoms with Crippen LogP contribution in [0.15, 0.2) is 24.9 Å². The maximum Gasteiger partial charge on any atom is 0.414 e. The minimum absolute atomic E-state index is 0.0315. The Morgan fingerprint density at radius 3 is 2.89 bits per heavy atom. The molecule has 0 atom stereocenters. The lowest BCUT2D eigenvalue weighted by molar-refractivity contribution is 0.0697. The van der Waals surface area contributed by atoms with Crippen molar-refractivity contribution in [1.29, 1.82) is 0 Å². The molecule has 1 heterocycles. The Bertz CT molecular complexity index is 490. The number of nitrogens with zero attached hydrogens (tertiary/aromatic N) is 2. The number of carbonyl (C=O) groups is 2. The molecule has 0 bridgehead atoms. The SMILES string of the molecule is C=CCOC(=O)N(C)c1cnc(Cl)cc1C(=O)O. The normalized spacial score (nSPS) is 9.67. The zero-order valence-corrected chi connectivity index (χ0v) is 10.3. The van der Waals surface area contributed by atoms with Crippen molar-refractivity contribution in [3.05, 3.63) is 35.6 Å². The van der Waals surface area contributed by atoms with Crippen molar-refractivity contribution in [2.24, 2.45) is 0 Å². The van der Waals surface area contributed by atoms with E-state index in [1.165, 1.54) is 19.3 Å². The highest BCUT2D eigenvalue weighted by Gasteiger charge is 2.20. The van der Waals surface area contributed by atoms with Crippen LogP contribution in [0.2, 0.25) is 5.15 Å². The summed E-state index contributed by atoms with van der Waals surface area (Å²) in [6.45, 7) is 3.44. The topological polar surface area (TPSA) is 79.7 Å². The third-order valence-corrected chi connectivity index (χ3v) is 2.25. The Morgan fingerprint density at radius 2 is 2.33 bits per heavy atom. The van der Waals surface area contributed by atoms with Crippen LogP contribution < -0.4 is 4.90 Å². The Hall–Kier alpha value is -2.08. The minimum Gasteiger partial charge on any atom is -0.478 e. The van der Waals surface area contributed by atoms with Crippen LogP contribution in [-0.2, 0) is 4.74 Å². The first kappa shape index (κ1) is 14.0. The van der Waals surface area contributed by atoms with Crippen molar-refractivity contribution in [2.75, 3.05) is 18.6 Å². The Labute approximate surface area is 108 Å². The van der Waals surface area contributed by atoms with E-state index in [0.717, 1.165) is 11.0 Å². The number of amides is 1. The van der Waals surface area contributed by atoms with Crippen LogP contribution in [-0.4, -0.2) is 35.8 Å². The summed E-state index contributed by atoms with van der Waals surface area (Å²) in [7, 11) is 1.38. The van der Waals surface area contributed by atoms with E-state index in [-0.39, 0.29) is 23.0 Å². The van der Waals surface area contributed by atoms with Gasteiger partial charge in [-0.05, 0) is 6.07 Å². The van der Waals surface area contributed by atoms with Crippen LogP contribution in [0, 0.1) is 0 Å². The van der Waals surface area contributed by atoms with Gasteiger partial charge in [-0.1, -0.05) is 24.3 Å². The molecule has 1 aromatic rings. The van der Waals surface area contributed by atoms with Gasteiger partial charge in [-0.3, -0.25) is 4.90 Å². The molecular formula is C11H11ClN2O4. The lowest BCUT2D eigenvalue weighted by Gasteiger charge is -2.18. The lowest BCUT2D eigenvalue weighted by Crippen LogP contribution is -2.28. The van der Waals surface area contributed by atoms with Crippen LogP contribution in [0.5, 0.6) is 0 Å². The predicted octanol–water partition coefficient (Wildman–Crippen LogP) is 2.19. The number of hydrogen-bond donors (Lipinski definition) is 1. The van der Waals surface area contributed by atoms with E-state index in [0.29, 0.717) is 0 Å². The summed E-state index contributed by atoms with van der Waals surface area (Å²) in [5.41, 5.74) is -0.0333. The molecule has 0 radical (unpaired) electrons. The van der Waals surface area contributed by atoms with E-state index in [9.17, 15) is 9.59 Å². The largest absolute Gasteiger partial charge is 0.478 e. The van der Waals surface area contributed by atoms with Gasteiger partial charge in [-0.25, -0.2) is 14.6 Å². The molecule has 0 spiro atoms. The lowest BCUT2D eigenvalue weighted by atomic mass is 10.2. The third kappa shape index (κ3) is 3.21. The van der Waals surface area contributed by atoms with Gasteiger partial charge in [0.1, 0.15) is 11.8 Å². The Morgan fingerprint density at radius 1 is 1.67 bits per heavy atom. The van der Waals surface area contributed by atoms with Crippen LogP contribution in [0.25, 0.3) is 0 Å². The Balaban J connectivity index is 3.04. The second-order valence-electron chi connectivity index (χ2n) is 3.25. The number of ether oxygens (including phenoxy) is 1. The van der Waals surface area contributed by atoms with Crippen molar-refractivity contribution in [1.82, 2.24) is 4.98 Å². The highest BCUT2D eigenvalue weighted by atomic mass is 35.5. The minimum atomic E-state index is -1.21. The monoisotopic (exact) mass is 270 g/mol. The number of halogens is 1. The van der Waals surface area contributed by atoms with Gasteiger partial charge in [0.2, 0.25) is 0 Å². The van der Waals surface area contributed by atoms with E-state index >= 15 is 0 Å². The number of carbonyl (C=O) groups excluding carboxylic acids is 1. The average Bonchev–Trinajstić information content (AvgIpc) is 2.34.